The molecule has 0 saturated heterocycles. The number of carbonyl (C=O) groups is 1. The van der Waals surface area contributed by atoms with Crippen LogP contribution in [0.5, 0.6) is 5.75 Å². The van der Waals surface area contributed by atoms with E-state index < -0.39 is 0 Å². The Morgan fingerprint density at radius 3 is 1.62 bits per heavy atom. The van der Waals surface area contributed by atoms with E-state index in [0.717, 1.165) is 33.5 Å². The zero-order chi connectivity index (χ0) is 29.2. The minimum Gasteiger partial charge on any atom is -0.507 e. The fourth-order valence-electron chi connectivity index (χ4n) is 4.63. The molecule has 0 aliphatic heterocycles. The van der Waals surface area contributed by atoms with Gasteiger partial charge in [-0.1, -0.05) is 95.1 Å². The first-order valence-electron chi connectivity index (χ1n) is 13.8. The SMILES string of the molecule is Cc1ccc(N=C(c2cc(C(C)(C)C)c(O)c(C(C)(C)C)c2)N(C(=O)c2ccccc2)c2ccc(C)cc2)cc1. The van der Waals surface area contributed by atoms with E-state index in [9.17, 15) is 9.90 Å². The molecule has 40 heavy (non-hydrogen) atoms. The Hall–Kier alpha value is -4.18. The van der Waals surface area contributed by atoms with Gasteiger partial charge < -0.3 is 5.11 Å². The molecular weight excluding hydrogens is 492 g/mol. The molecule has 0 unspecified atom stereocenters. The predicted molar refractivity (Wildman–Crippen MR) is 167 cm³/mol. The number of anilines is 1. The van der Waals surface area contributed by atoms with Gasteiger partial charge in [-0.05, 0) is 73.2 Å². The third-order valence-electron chi connectivity index (χ3n) is 6.98. The molecule has 0 atom stereocenters. The largest absolute Gasteiger partial charge is 0.507 e. The van der Waals surface area contributed by atoms with Gasteiger partial charge in [-0.2, -0.15) is 0 Å². The Labute approximate surface area is 239 Å². The molecule has 4 nitrogen and oxygen atoms in total. The third-order valence-corrected chi connectivity index (χ3v) is 6.98. The van der Waals surface area contributed by atoms with Crippen molar-refractivity contribution in [3.05, 3.63) is 124 Å². The number of nitrogens with zero attached hydrogens (tertiary/aromatic N) is 2. The second-order valence-corrected chi connectivity index (χ2v) is 12.5. The summed E-state index contributed by atoms with van der Waals surface area (Å²) in [4.78, 5) is 21.1. The Balaban J connectivity index is 2.09. The van der Waals surface area contributed by atoms with Crippen LogP contribution < -0.4 is 4.90 Å². The molecule has 0 spiro atoms. The number of hydrogen-bond acceptors (Lipinski definition) is 3. The van der Waals surface area contributed by atoms with Gasteiger partial charge in [0.2, 0.25) is 0 Å². The number of phenolic OH excluding ortho intramolecular Hbond substituents is 1. The Kier molecular flexibility index (Phi) is 8.02. The van der Waals surface area contributed by atoms with Crippen LogP contribution in [-0.2, 0) is 10.8 Å². The quantitative estimate of drug-likeness (QED) is 0.211. The number of hydrogen-bond donors (Lipinski definition) is 1. The maximum atomic E-state index is 14.3. The van der Waals surface area contributed by atoms with E-state index in [1.165, 1.54) is 0 Å². The Bertz CT molecular complexity index is 1480. The van der Waals surface area contributed by atoms with Crippen molar-refractivity contribution in [2.75, 3.05) is 4.90 Å². The van der Waals surface area contributed by atoms with E-state index in [-0.39, 0.29) is 22.5 Å². The number of carbonyl (C=O) groups excluding carboxylic acids is 1. The molecule has 0 aliphatic rings. The fourth-order valence-corrected chi connectivity index (χ4v) is 4.63. The molecule has 0 fully saturated rings. The second kappa shape index (κ2) is 11.1. The van der Waals surface area contributed by atoms with Gasteiger partial charge in [0.25, 0.3) is 5.91 Å². The molecule has 0 saturated carbocycles. The van der Waals surface area contributed by atoms with Crippen LogP contribution in [0.15, 0.2) is 96.0 Å². The van der Waals surface area contributed by atoms with Gasteiger partial charge in [-0.15, -0.1) is 0 Å². The van der Waals surface area contributed by atoms with Crippen molar-refractivity contribution in [3.8, 4) is 5.75 Å². The van der Waals surface area contributed by atoms with Crippen LogP contribution in [0.25, 0.3) is 0 Å². The van der Waals surface area contributed by atoms with E-state index in [2.05, 4.69) is 41.5 Å². The van der Waals surface area contributed by atoms with Crippen molar-refractivity contribution in [3.63, 3.8) is 0 Å². The summed E-state index contributed by atoms with van der Waals surface area (Å²) < 4.78 is 0. The zero-order valence-electron chi connectivity index (χ0n) is 24.9. The van der Waals surface area contributed by atoms with Gasteiger partial charge >= 0.3 is 0 Å². The number of amides is 1. The Morgan fingerprint density at radius 2 is 1.15 bits per heavy atom. The van der Waals surface area contributed by atoms with Gasteiger partial charge in [-0.3, -0.25) is 9.69 Å². The lowest BCUT2D eigenvalue weighted by molar-refractivity contribution is 0.100. The smallest absolute Gasteiger partial charge is 0.264 e. The minimum absolute atomic E-state index is 0.182. The molecule has 0 radical (unpaired) electrons. The molecule has 0 heterocycles. The summed E-state index contributed by atoms with van der Waals surface area (Å²) in [6, 6.07) is 29.1. The van der Waals surface area contributed by atoms with Crippen molar-refractivity contribution in [1.82, 2.24) is 0 Å². The Morgan fingerprint density at radius 1 is 0.675 bits per heavy atom. The van der Waals surface area contributed by atoms with E-state index in [1.807, 2.05) is 105 Å². The normalized spacial score (nSPS) is 12.3. The number of aliphatic imine (C=N–C) groups is 1. The molecule has 1 N–H and O–H groups in total. The molecule has 0 aromatic heterocycles. The average molecular weight is 533 g/mol. The lowest BCUT2D eigenvalue weighted by atomic mass is 9.78. The monoisotopic (exact) mass is 532 g/mol. The molecule has 1 amide bonds. The summed E-state index contributed by atoms with van der Waals surface area (Å²) in [5.41, 5.74) is 5.94. The molecule has 0 bridgehead atoms. The van der Waals surface area contributed by atoms with Crippen LogP contribution in [0.3, 0.4) is 0 Å². The highest BCUT2D eigenvalue weighted by atomic mass is 16.3. The van der Waals surface area contributed by atoms with E-state index in [4.69, 9.17) is 4.99 Å². The van der Waals surface area contributed by atoms with E-state index in [1.54, 1.807) is 4.90 Å². The van der Waals surface area contributed by atoms with Gasteiger partial charge in [0.15, 0.2) is 0 Å². The molecule has 4 rings (SSSR count). The van der Waals surface area contributed by atoms with Crippen LogP contribution in [-0.4, -0.2) is 16.8 Å². The van der Waals surface area contributed by atoms with Crippen molar-refractivity contribution < 1.29 is 9.90 Å². The van der Waals surface area contributed by atoms with Crippen LogP contribution in [0.1, 0.15) is 79.7 Å². The van der Waals surface area contributed by atoms with Gasteiger partial charge in [-0.25, -0.2) is 4.99 Å². The van der Waals surface area contributed by atoms with Crippen LogP contribution in [0.4, 0.5) is 11.4 Å². The van der Waals surface area contributed by atoms with E-state index >= 15 is 0 Å². The fraction of sp³-hybridized carbons (Fsp3) is 0.278. The summed E-state index contributed by atoms with van der Waals surface area (Å²) in [6.07, 6.45) is 0. The van der Waals surface area contributed by atoms with E-state index in [0.29, 0.717) is 17.1 Å². The van der Waals surface area contributed by atoms with Crippen LogP contribution in [0, 0.1) is 13.8 Å². The molecule has 4 heteroatoms. The first-order chi connectivity index (χ1) is 18.8. The number of aromatic hydroxyl groups is 1. The van der Waals surface area contributed by atoms with Crippen molar-refractivity contribution >= 4 is 23.1 Å². The third kappa shape index (κ3) is 6.34. The molecule has 4 aromatic carbocycles. The summed E-state index contributed by atoms with van der Waals surface area (Å²) in [5.74, 6) is 0.602. The van der Waals surface area contributed by atoms with Crippen molar-refractivity contribution in [2.45, 2.75) is 66.2 Å². The van der Waals surface area contributed by atoms with Gasteiger partial charge in [0.1, 0.15) is 11.6 Å². The average Bonchev–Trinajstić information content (AvgIpc) is 2.89. The standard InChI is InChI=1S/C36H40N2O2/c1-24-14-18-28(19-15-24)37-33(27-22-30(35(3,4)5)32(39)31(23-27)36(6,7)8)38(29-20-16-25(2)17-21-29)34(40)26-12-10-9-11-13-26/h9-23,39H,1-8H3. The lowest BCUT2D eigenvalue weighted by Crippen LogP contribution is -2.38. The first-order valence-corrected chi connectivity index (χ1v) is 13.8. The zero-order valence-corrected chi connectivity index (χ0v) is 24.9. The van der Waals surface area contributed by atoms with Gasteiger partial charge in [0, 0.05) is 22.3 Å². The number of amidine groups is 1. The van der Waals surface area contributed by atoms with Crippen molar-refractivity contribution in [2.24, 2.45) is 4.99 Å². The molecule has 0 aliphatic carbocycles. The minimum atomic E-state index is -0.340. The van der Waals surface area contributed by atoms with Crippen LogP contribution in [0.2, 0.25) is 0 Å². The summed E-state index contributed by atoms with van der Waals surface area (Å²) in [7, 11) is 0. The highest BCUT2D eigenvalue weighted by Crippen LogP contribution is 2.40. The summed E-state index contributed by atoms with van der Waals surface area (Å²) in [6.45, 7) is 16.6. The number of aryl methyl sites for hydroxylation is 2. The molecular formula is C36H40N2O2. The number of rotatable bonds is 4. The maximum Gasteiger partial charge on any atom is 0.264 e. The highest BCUT2D eigenvalue weighted by molar-refractivity contribution is 6.28. The van der Waals surface area contributed by atoms with Crippen molar-refractivity contribution in [1.29, 1.82) is 0 Å². The lowest BCUT2D eigenvalue weighted by Gasteiger charge is -2.30. The maximum absolute atomic E-state index is 14.3. The molecule has 4 aromatic rings. The topological polar surface area (TPSA) is 52.9 Å². The summed E-state index contributed by atoms with van der Waals surface area (Å²) >= 11 is 0. The predicted octanol–water partition coefficient (Wildman–Crippen LogP) is 9.03. The second-order valence-electron chi connectivity index (χ2n) is 12.5. The highest BCUT2D eigenvalue weighted by Gasteiger charge is 2.31. The number of benzene rings is 4. The van der Waals surface area contributed by atoms with Gasteiger partial charge in [0.05, 0.1) is 11.4 Å². The number of phenols is 1. The molecule has 206 valence electrons. The van der Waals surface area contributed by atoms with Crippen LogP contribution >= 0.6 is 0 Å². The first kappa shape index (κ1) is 28.8. The summed E-state index contributed by atoms with van der Waals surface area (Å²) in [5, 5.41) is 11.4.